The number of nitrogens with one attached hydrogen (secondary N) is 3. The maximum Gasteiger partial charge on any atom is 0.269 e. The quantitative estimate of drug-likeness (QED) is 0.239. The average molecular weight is 340 g/mol. The monoisotopic (exact) mass is 340 g/mol. The van der Waals surface area contributed by atoms with E-state index in [0.717, 1.165) is 0 Å². The Morgan fingerprint density at radius 3 is 2.12 bits per heavy atom. The first-order valence-electron chi connectivity index (χ1n) is 6.77. The fourth-order valence-corrected chi connectivity index (χ4v) is 1.83. The molecule has 5 N–H and O–H groups in total. The van der Waals surface area contributed by atoms with Gasteiger partial charge in [-0.3, -0.25) is 34.9 Å². The van der Waals surface area contributed by atoms with E-state index >= 15 is 0 Å². The molecule has 1 atom stereocenters. The first-order chi connectivity index (χ1) is 11.4. The van der Waals surface area contributed by atoms with E-state index in [1.54, 1.807) is 0 Å². The second-order valence-corrected chi connectivity index (χ2v) is 4.76. The van der Waals surface area contributed by atoms with E-state index < -0.39 is 28.7 Å². The van der Waals surface area contributed by atoms with E-state index in [1.165, 1.54) is 35.2 Å². The Morgan fingerprint density at radius 1 is 1.04 bits per heavy atom. The molecule has 0 saturated carbocycles. The lowest BCUT2D eigenvalue weighted by atomic mass is 10.0. The van der Waals surface area contributed by atoms with Crippen LogP contribution in [-0.4, -0.2) is 39.1 Å². The Kier molecular flexibility index (Phi) is 7.26. The van der Waals surface area contributed by atoms with Crippen molar-refractivity contribution in [3.05, 3.63) is 39.9 Å². The molecular formula is C13H16N4O7. The SMILES string of the molecule is O=C(CCC(=O)N[C@@H](Cc1ccc([N+](=O)[O-])cc1)C(=O)NO)NO. The Morgan fingerprint density at radius 2 is 1.62 bits per heavy atom. The first-order valence-corrected chi connectivity index (χ1v) is 6.77. The summed E-state index contributed by atoms with van der Waals surface area (Å²) in [7, 11) is 0. The Balaban J connectivity index is 2.71. The van der Waals surface area contributed by atoms with Crippen LogP contribution in [-0.2, 0) is 20.8 Å². The molecule has 0 saturated heterocycles. The van der Waals surface area contributed by atoms with Gasteiger partial charge in [-0.15, -0.1) is 0 Å². The normalized spacial score (nSPS) is 11.2. The largest absolute Gasteiger partial charge is 0.344 e. The minimum Gasteiger partial charge on any atom is -0.344 e. The van der Waals surface area contributed by atoms with Crippen LogP contribution >= 0.6 is 0 Å². The molecule has 0 aliphatic heterocycles. The maximum absolute atomic E-state index is 11.7. The summed E-state index contributed by atoms with van der Waals surface area (Å²) in [5.41, 5.74) is 3.18. The number of nitro benzene ring substituents is 1. The van der Waals surface area contributed by atoms with Gasteiger partial charge in [-0.2, -0.15) is 0 Å². The molecule has 0 radical (unpaired) electrons. The second-order valence-electron chi connectivity index (χ2n) is 4.76. The first kappa shape index (κ1) is 19.0. The molecule has 0 bridgehead atoms. The van der Waals surface area contributed by atoms with Crippen LogP contribution in [0.3, 0.4) is 0 Å². The van der Waals surface area contributed by atoms with Gasteiger partial charge in [0.25, 0.3) is 11.6 Å². The molecule has 1 aromatic carbocycles. The van der Waals surface area contributed by atoms with Crippen molar-refractivity contribution in [3.8, 4) is 0 Å². The van der Waals surface area contributed by atoms with E-state index in [2.05, 4.69) is 5.32 Å². The van der Waals surface area contributed by atoms with E-state index in [4.69, 9.17) is 10.4 Å². The molecule has 0 aromatic heterocycles. The summed E-state index contributed by atoms with van der Waals surface area (Å²) in [6, 6.07) is 4.19. The van der Waals surface area contributed by atoms with Crippen LogP contribution < -0.4 is 16.3 Å². The van der Waals surface area contributed by atoms with Gasteiger partial charge < -0.3 is 5.32 Å². The lowest BCUT2D eigenvalue weighted by Gasteiger charge is -2.16. The molecule has 0 unspecified atom stereocenters. The van der Waals surface area contributed by atoms with Crippen molar-refractivity contribution in [3.63, 3.8) is 0 Å². The molecule has 0 spiro atoms. The highest BCUT2D eigenvalue weighted by atomic mass is 16.6. The van der Waals surface area contributed by atoms with Crippen LogP contribution in [0.1, 0.15) is 18.4 Å². The molecule has 11 heteroatoms. The van der Waals surface area contributed by atoms with Gasteiger partial charge in [0, 0.05) is 31.4 Å². The predicted molar refractivity (Wildman–Crippen MR) is 77.8 cm³/mol. The fraction of sp³-hybridized carbons (Fsp3) is 0.308. The van der Waals surface area contributed by atoms with Crippen molar-refractivity contribution in [1.29, 1.82) is 0 Å². The minimum absolute atomic E-state index is 0.0255. The van der Waals surface area contributed by atoms with Gasteiger partial charge in [-0.1, -0.05) is 12.1 Å². The number of hydroxylamine groups is 2. The highest BCUT2D eigenvalue weighted by Gasteiger charge is 2.21. The number of rotatable bonds is 8. The third kappa shape index (κ3) is 5.98. The van der Waals surface area contributed by atoms with Crippen molar-refractivity contribution in [2.45, 2.75) is 25.3 Å². The Hall–Kier alpha value is -3.05. The van der Waals surface area contributed by atoms with Gasteiger partial charge in [0.05, 0.1) is 4.92 Å². The molecule has 0 heterocycles. The number of carbonyl (C=O) groups is 3. The molecule has 1 aromatic rings. The third-order valence-corrected chi connectivity index (χ3v) is 3.05. The third-order valence-electron chi connectivity index (χ3n) is 3.05. The van der Waals surface area contributed by atoms with Gasteiger partial charge >= 0.3 is 0 Å². The summed E-state index contributed by atoms with van der Waals surface area (Å²) in [5.74, 6) is -2.29. The van der Waals surface area contributed by atoms with Crippen LogP contribution in [0.25, 0.3) is 0 Å². The Labute approximate surface area is 135 Å². The molecular weight excluding hydrogens is 324 g/mol. The number of nitrogens with zero attached hydrogens (tertiary/aromatic N) is 1. The predicted octanol–water partition coefficient (Wildman–Crippen LogP) is -0.587. The van der Waals surface area contributed by atoms with Gasteiger partial charge in [-0.05, 0) is 5.56 Å². The molecule has 3 amide bonds. The summed E-state index contributed by atoms with van der Waals surface area (Å²) in [5, 5.41) is 30.0. The van der Waals surface area contributed by atoms with Crippen LogP contribution in [0.4, 0.5) is 5.69 Å². The zero-order chi connectivity index (χ0) is 18.1. The van der Waals surface area contributed by atoms with Crippen molar-refractivity contribution in [2.24, 2.45) is 0 Å². The summed E-state index contributed by atoms with van der Waals surface area (Å²) in [4.78, 5) is 44.2. The van der Waals surface area contributed by atoms with Crippen LogP contribution in [0, 0.1) is 10.1 Å². The van der Waals surface area contributed by atoms with Gasteiger partial charge in [-0.25, -0.2) is 11.0 Å². The number of carbonyl (C=O) groups excluding carboxylic acids is 3. The molecule has 1 rings (SSSR count). The summed E-state index contributed by atoms with van der Waals surface area (Å²) in [6.45, 7) is 0. The molecule has 11 nitrogen and oxygen atoms in total. The second kappa shape index (κ2) is 9.17. The maximum atomic E-state index is 11.7. The topological polar surface area (TPSA) is 171 Å². The van der Waals surface area contributed by atoms with E-state index in [0.29, 0.717) is 5.56 Å². The zero-order valence-corrected chi connectivity index (χ0v) is 12.4. The van der Waals surface area contributed by atoms with Gasteiger partial charge in [0.1, 0.15) is 6.04 Å². The number of non-ortho nitro benzene ring substituents is 1. The lowest BCUT2D eigenvalue weighted by Crippen LogP contribution is -2.47. The van der Waals surface area contributed by atoms with Crippen LogP contribution in [0.5, 0.6) is 0 Å². The number of hydrogen-bond acceptors (Lipinski definition) is 7. The number of nitro groups is 1. The molecule has 0 aliphatic rings. The van der Waals surface area contributed by atoms with Crippen LogP contribution in [0.15, 0.2) is 24.3 Å². The van der Waals surface area contributed by atoms with E-state index in [-0.39, 0.29) is 24.9 Å². The minimum atomic E-state index is -1.14. The standard InChI is InChI=1S/C13H16N4O7/c18-11(5-6-12(19)15-21)14-10(13(20)16-22)7-8-1-3-9(4-2-8)17(23)24/h1-4,10,21-22H,5-7H2,(H,14,18)(H,15,19)(H,16,20)/t10-/m0/s1. The van der Waals surface area contributed by atoms with Crippen molar-refractivity contribution >= 4 is 23.4 Å². The number of hydrogen-bond donors (Lipinski definition) is 5. The van der Waals surface area contributed by atoms with Crippen LogP contribution in [0.2, 0.25) is 0 Å². The van der Waals surface area contributed by atoms with E-state index in [9.17, 15) is 24.5 Å². The van der Waals surface area contributed by atoms with Crippen molar-refractivity contribution in [2.75, 3.05) is 0 Å². The smallest absolute Gasteiger partial charge is 0.269 e. The zero-order valence-electron chi connectivity index (χ0n) is 12.4. The highest BCUT2D eigenvalue weighted by molar-refractivity contribution is 5.88. The van der Waals surface area contributed by atoms with E-state index in [1.807, 2.05) is 0 Å². The molecule has 24 heavy (non-hydrogen) atoms. The average Bonchev–Trinajstić information content (AvgIpc) is 2.58. The van der Waals surface area contributed by atoms with Gasteiger partial charge in [0.2, 0.25) is 11.8 Å². The highest BCUT2D eigenvalue weighted by Crippen LogP contribution is 2.13. The number of amides is 3. The lowest BCUT2D eigenvalue weighted by molar-refractivity contribution is -0.384. The summed E-state index contributed by atoms with van der Waals surface area (Å²) in [6.07, 6.45) is -0.586. The molecule has 0 fully saturated rings. The van der Waals surface area contributed by atoms with Crippen molar-refractivity contribution < 1.29 is 29.7 Å². The summed E-state index contributed by atoms with van der Waals surface area (Å²) >= 11 is 0. The Bertz CT molecular complexity index is 617. The van der Waals surface area contributed by atoms with Crippen molar-refractivity contribution in [1.82, 2.24) is 16.3 Å². The summed E-state index contributed by atoms with van der Waals surface area (Å²) < 4.78 is 0. The van der Waals surface area contributed by atoms with Gasteiger partial charge in [0.15, 0.2) is 0 Å². The number of benzene rings is 1. The fourth-order valence-electron chi connectivity index (χ4n) is 1.83. The molecule has 130 valence electrons. The molecule has 0 aliphatic carbocycles.